The van der Waals surface area contributed by atoms with Crippen LogP contribution in [0.2, 0.25) is 0 Å². The molecule has 0 saturated heterocycles. The van der Waals surface area contributed by atoms with Crippen LogP contribution in [0.5, 0.6) is 0 Å². The van der Waals surface area contributed by atoms with Crippen molar-refractivity contribution in [2.45, 2.75) is 31.3 Å². The molecule has 1 aromatic carbocycles. The van der Waals surface area contributed by atoms with Gasteiger partial charge in [-0.2, -0.15) is 4.79 Å². The number of carbonyl (C=O) groups is 1. The van der Waals surface area contributed by atoms with Crippen molar-refractivity contribution in [1.82, 2.24) is 0 Å². The van der Waals surface area contributed by atoms with Crippen LogP contribution in [0.25, 0.3) is 5.53 Å². The van der Waals surface area contributed by atoms with Gasteiger partial charge in [-0.1, -0.05) is 37.3 Å². The van der Waals surface area contributed by atoms with Gasteiger partial charge in [0.05, 0.1) is 6.61 Å². The fourth-order valence-electron chi connectivity index (χ4n) is 1.60. The molecule has 1 unspecified atom stereocenters. The normalized spacial score (nSPS) is 11.5. The van der Waals surface area contributed by atoms with Crippen LogP contribution in [0.1, 0.15) is 25.8 Å². The van der Waals surface area contributed by atoms with E-state index < -0.39 is 5.97 Å². The number of hydrogen-bond donors (Lipinski definition) is 0. The van der Waals surface area contributed by atoms with Crippen LogP contribution in [0.15, 0.2) is 30.3 Å². The average molecular weight is 278 g/mol. The van der Waals surface area contributed by atoms with E-state index in [1.165, 1.54) is 5.56 Å². The highest BCUT2D eigenvalue weighted by Crippen LogP contribution is 2.21. The van der Waals surface area contributed by atoms with E-state index in [0.29, 0.717) is 6.42 Å². The number of rotatable bonds is 7. The second-order valence-corrected chi connectivity index (χ2v) is 5.09. The Hall–Kier alpha value is -1.58. The quantitative estimate of drug-likeness (QED) is 0.333. The molecule has 1 aromatic rings. The fourth-order valence-corrected chi connectivity index (χ4v) is 2.73. The molecule has 0 aromatic heterocycles. The zero-order valence-electron chi connectivity index (χ0n) is 11.2. The van der Waals surface area contributed by atoms with Gasteiger partial charge in [-0.15, -0.1) is 11.8 Å². The maximum absolute atomic E-state index is 11.7. The Labute approximate surface area is 117 Å². The lowest BCUT2D eigenvalue weighted by molar-refractivity contribution is -0.140. The lowest BCUT2D eigenvalue weighted by Crippen LogP contribution is -2.29. The number of carbonyl (C=O) groups excluding carboxylic acids is 1. The van der Waals surface area contributed by atoms with E-state index in [2.05, 4.69) is 4.79 Å². The van der Waals surface area contributed by atoms with Gasteiger partial charge < -0.3 is 10.3 Å². The number of esters is 1. The highest BCUT2D eigenvalue weighted by molar-refractivity contribution is 7.99. The van der Waals surface area contributed by atoms with Gasteiger partial charge in [0.1, 0.15) is 5.25 Å². The Morgan fingerprint density at radius 3 is 2.58 bits per heavy atom. The Bertz CT molecular complexity index is 456. The molecule has 0 aliphatic heterocycles. The van der Waals surface area contributed by atoms with Crippen LogP contribution >= 0.6 is 11.8 Å². The van der Waals surface area contributed by atoms with Crippen LogP contribution in [0.4, 0.5) is 0 Å². The molecular formula is C14H18N2O2S. The van der Waals surface area contributed by atoms with E-state index in [9.17, 15) is 4.79 Å². The van der Waals surface area contributed by atoms with Gasteiger partial charge in [-0.05, 0) is 18.9 Å². The number of ether oxygens (including phenoxy) is 1. The molecule has 0 spiro atoms. The smallest absolute Gasteiger partial charge is 0.418 e. The first-order chi connectivity index (χ1) is 9.22. The molecule has 1 rings (SSSR count). The number of hydrogen-bond acceptors (Lipinski definition) is 3. The predicted octanol–water partition coefficient (Wildman–Crippen LogP) is 2.93. The Balaban J connectivity index is 2.66. The summed E-state index contributed by atoms with van der Waals surface area (Å²) in [7, 11) is 0. The summed E-state index contributed by atoms with van der Waals surface area (Å²) < 4.78 is 4.89. The maximum atomic E-state index is 11.7. The lowest BCUT2D eigenvalue weighted by Gasteiger charge is -2.09. The third-order valence-electron chi connectivity index (χ3n) is 2.56. The monoisotopic (exact) mass is 278 g/mol. The van der Waals surface area contributed by atoms with Crippen LogP contribution in [0, 0.1) is 0 Å². The summed E-state index contributed by atoms with van der Waals surface area (Å²) in [6.45, 7) is 3.95. The summed E-state index contributed by atoms with van der Waals surface area (Å²) in [6.07, 6.45) is 0.704. The molecule has 0 amide bonds. The van der Waals surface area contributed by atoms with Gasteiger partial charge >= 0.3 is 11.7 Å². The molecule has 0 fully saturated rings. The van der Waals surface area contributed by atoms with Crippen molar-refractivity contribution in [2.24, 2.45) is 0 Å². The zero-order chi connectivity index (χ0) is 14.1. The second-order valence-electron chi connectivity index (χ2n) is 3.90. The number of thioether (sulfide) groups is 1. The van der Waals surface area contributed by atoms with Crippen molar-refractivity contribution < 1.29 is 14.3 Å². The minimum atomic E-state index is -0.544. The third-order valence-corrected chi connectivity index (χ3v) is 4.02. The summed E-state index contributed by atoms with van der Waals surface area (Å²) in [5.74, 6) is 0.218. The topological polar surface area (TPSA) is 62.7 Å². The van der Waals surface area contributed by atoms with Gasteiger partial charge in [-0.3, -0.25) is 0 Å². The summed E-state index contributed by atoms with van der Waals surface area (Å²) in [5.41, 5.74) is 10.3. The van der Waals surface area contributed by atoms with Gasteiger partial charge in [0, 0.05) is 5.75 Å². The molecule has 0 bridgehead atoms. The Kier molecular flexibility index (Phi) is 6.93. The summed E-state index contributed by atoms with van der Waals surface area (Å²) in [6, 6.07) is 9.97. The van der Waals surface area contributed by atoms with Crippen LogP contribution in [-0.4, -0.2) is 28.3 Å². The van der Waals surface area contributed by atoms with Crippen molar-refractivity contribution in [3.05, 3.63) is 41.4 Å². The van der Waals surface area contributed by atoms with E-state index in [1.807, 2.05) is 37.3 Å². The molecule has 4 nitrogen and oxygen atoms in total. The molecular weight excluding hydrogens is 260 g/mol. The van der Waals surface area contributed by atoms with Crippen molar-refractivity contribution >= 4 is 23.4 Å². The molecule has 0 aliphatic carbocycles. The number of benzene rings is 1. The van der Waals surface area contributed by atoms with Crippen molar-refractivity contribution in [2.75, 3.05) is 6.61 Å². The second kappa shape index (κ2) is 8.51. The van der Waals surface area contributed by atoms with E-state index in [1.54, 1.807) is 18.7 Å². The third kappa shape index (κ3) is 4.89. The van der Waals surface area contributed by atoms with Crippen LogP contribution < -0.4 is 0 Å². The minimum absolute atomic E-state index is 0.0882. The van der Waals surface area contributed by atoms with Gasteiger partial charge in [0.25, 0.3) is 0 Å². The predicted molar refractivity (Wildman–Crippen MR) is 77.1 cm³/mol. The van der Waals surface area contributed by atoms with Crippen LogP contribution in [-0.2, 0) is 15.3 Å². The van der Waals surface area contributed by atoms with Gasteiger partial charge in [0.15, 0.2) is 0 Å². The standard InChI is InChI=1S/C14H18N2O2S/c1-3-12(13(16-15)14(17)18-4-2)19-10-11-8-6-5-7-9-11/h5-9,12H,3-4,10H2,1-2H3. The van der Waals surface area contributed by atoms with E-state index in [-0.39, 0.29) is 17.6 Å². The summed E-state index contributed by atoms with van der Waals surface area (Å²) >= 11 is 1.57. The largest absolute Gasteiger partial charge is 0.457 e. The van der Waals surface area contributed by atoms with Gasteiger partial charge in [0.2, 0.25) is 0 Å². The highest BCUT2D eigenvalue weighted by atomic mass is 32.2. The highest BCUT2D eigenvalue weighted by Gasteiger charge is 2.31. The van der Waals surface area contributed by atoms with Crippen molar-refractivity contribution in [1.29, 1.82) is 0 Å². The average Bonchev–Trinajstić information content (AvgIpc) is 2.44. The van der Waals surface area contributed by atoms with E-state index >= 15 is 0 Å². The fraction of sp³-hybridized carbons (Fsp3) is 0.429. The van der Waals surface area contributed by atoms with Crippen molar-refractivity contribution in [3.8, 4) is 0 Å². The number of nitrogens with zero attached hydrogens (tertiary/aromatic N) is 2. The molecule has 5 heteroatoms. The molecule has 0 heterocycles. The minimum Gasteiger partial charge on any atom is -0.457 e. The van der Waals surface area contributed by atoms with E-state index in [0.717, 1.165) is 5.75 Å². The molecule has 102 valence electrons. The molecule has 1 atom stereocenters. The Morgan fingerprint density at radius 2 is 2.05 bits per heavy atom. The molecule has 0 aliphatic rings. The SMILES string of the molecule is CCOC(=O)C(=[N+]=[N-])C(CC)SCc1ccccc1. The zero-order valence-corrected chi connectivity index (χ0v) is 12.0. The molecule has 0 saturated carbocycles. The molecule has 0 radical (unpaired) electrons. The van der Waals surface area contributed by atoms with Crippen molar-refractivity contribution in [3.63, 3.8) is 0 Å². The first-order valence-electron chi connectivity index (χ1n) is 6.27. The first kappa shape index (κ1) is 15.5. The summed E-state index contributed by atoms with van der Waals surface area (Å²) in [5, 5.41) is -0.163. The van der Waals surface area contributed by atoms with Gasteiger partial charge in [-0.25, -0.2) is 4.79 Å². The molecule has 19 heavy (non-hydrogen) atoms. The Morgan fingerprint density at radius 1 is 1.37 bits per heavy atom. The van der Waals surface area contributed by atoms with E-state index in [4.69, 9.17) is 10.3 Å². The lowest BCUT2D eigenvalue weighted by atomic mass is 10.2. The first-order valence-corrected chi connectivity index (χ1v) is 7.32. The summed E-state index contributed by atoms with van der Waals surface area (Å²) in [4.78, 5) is 14.8. The maximum Gasteiger partial charge on any atom is 0.418 e. The molecule has 0 N–H and O–H groups in total. The van der Waals surface area contributed by atoms with Crippen LogP contribution in [0.3, 0.4) is 0 Å².